The maximum Gasteiger partial charge on any atom is 0.246 e. The minimum atomic E-state index is -0.651. The quantitative estimate of drug-likeness (QED) is 0.113. The number of para-hydroxylation sites is 2. The standard InChI is InChI=1S/C37H36N4O3/c1-26-22-29(24-38-33(27-14-6-2-7-15-27)36(43)40-31-18-10-4-11-19-31)35(42)30(23-26)25-39-34(28-16-8-3-9-17-28)37(44)41-32-20-12-5-13-21-32/h2-23,33-34,38-39,42H,24-25H2,1H3,(H,40,43)(H,41,44). The van der Waals surface area contributed by atoms with Gasteiger partial charge < -0.3 is 15.7 Å². The van der Waals surface area contributed by atoms with Gasteiger partial charge in [0.05, 0.1) is 0 Å². The van der Waals surface area contributed by atoms with Crippen LogP contribution in [0, 0.1) is 6.92 Å². The van der Waals surface area contributed by atoms with Gasteiger partial charge in [-0.05, 0) is 42.3 Å². The van der Waals surface area contributed by atoms with E-state index in [0.29, 0.717) is 22.5 Å². The first-order valence-corrected chi connectivity index (χ1v) is 14.6. The number of amides is 2. The van der Waals surface area contributed by atoms with Crippen molar-refractivity contribution >= 4 is 23.2 Å². The van der Waals surface area contributed by atoms with Gasteiger partial charge in [0, 0.05) is 35.6 Å². The third-order valence-corrected chi connectivity index (χ3v) is 7.28. The second kappa shape index (κ2) is 14.8. The molecule has 0 saturated carbocycles. The van der Waals surface area contributed by atoms with Crippen molar-refractivity contribution in [2.24, 2.45) is 0 Å². The van der Waals surface area contributed by atoms with Crippen LogP contribution < -0.4 is 21.3 Å². The summed E-state index contributed by atoms with van der Waals surface area (Å²) in [5.41, 5.74) is 5.29. The Balaban J connectivity index is 1.33. The summed E-state index contributed by atoms with van der Waals surface area (Å²) in [7, 11) is 0. The van der Waals surface area contributed by atoms with Crippen LogP contribution in [0.5, 0.6) is 5.75 Å². The molecule has 2 amide bonds. The van der Waals surface area contributed by atoms with Crippen molar-refractivity contribution in [2.75, 3.05) is 10.6 Å². The van der Waals surface area contributed by atoms with E-state index in [0.717, 1.165) is 16.7 Å². The number of hydrogen-bond acceptors (Lipinski definition) is 5. The summed E-state index contributed by atoms with van der Waals surface area (Å²) in [4.78, 5) is 26.8. The Kier molecular flexibility index (Phi) is 10.2. The molecule has 7 nitrogen and oxygen atoms in total. The van der Waals surface area contributed by atoms with E-state index < -0.39 is 12.1 Å². The molecule has 2 atom stereocenters. The number of carbonyl (C=O) groups is 2. The maximum atomic E-state index is 13.4. The number of aromatic hydroxyl groups is 1. The van der Waals surface area contributed by atoms with Crippen molar-refractivity contribution in [2.45, 2.75) is 32.1 Å². The number of nitrogens with one attached hydrogen (secondary N) is 4. The number of phenolic OH excluding ortho intramolecular Hbond substituents is 1. The van der Waals surface area contributed by atoms with E-state index in [1.807, 2.05) is 140 Å². The van der Waals surface area contributed by atoms with Gasteiger partial charge in [-0.15, -0.1) is 0 Å². The van der Waals surface area contributed by atoms with Crippen molar-refractivity contribution < 1.29 is 14.7 Å². The Morgan fingerprint density at radius 3 is 1.27 bits per heavy atom. The Morgan fingerprint density at radius 1 is 0.568 bits per heavy atom. The van der Waals surface area contributed by atoms with Crippen molar-refractivity contribution in [1.29, 1.82) is 0 Å². The van der Waals surface area contributed by atoms with Gasteiger partial charge in [0.1, 0.15) is 17.8 Å². The van der Waals surface area contributed by atoms with Gasteiger partial charge in [-0.3, -0.25) is 20.2 Å². The molecule has 0 aliphatic heterocycles. The van der Waals surface area contributed by atoms with Crippen LogP contribution in [-0.4, -0.2) is 16.9 Å². The molecule has 0 aliphatic carbocycles. The molecule has 7 heteroatoms. The average Bonchev–Trinajstić information content (AvgIpc) is 3.05. The Bertz CT molecular complexity index is 1540. The van der Waals surface area contributed by atoms with Crippen LogP contribution >= 0.6 is 0 Å². The predicted molar refractivity (Wildman–Crippen MR) is 175 cm³/mol. The lowest BCUT2D eigenvalue weighted by Crippen LogP contribution is -2.33. The second-order valence-electron chi connectivity index (χ2n) is 10.6. The number of phenols is 1. The van der Waals surface area contributed by atoms with Gasteiger partial charge in [-0.1, -0.05) is 115 Å². The van der Waals surface area contributed by atoms with E-state index in [-0.39, 0.29) is 30.7 Å². The average molecular weight is 585 g/mol. The summed E-state index contributed by atoms with van der Waals surface area (Å²) in [5.74, 6) is -0.292. The smallest absolute Gasteiger partial charge is 0.246 e. The molecule has 5 rings (SSSR count). The predicted octanol–water partition coefficient (Wildman–Crippen LogP) is 6.64. The lowest BCUT2D eigenvalue weighted by Gasteiger charge is -2.22. The van der Waals surface area contributed by atoms with Crippen LogP contribution in [0.4, 0.5) is 11.4 Å². The fourth-order valence-electron chi connectivity index (χ4n) is 5.11. The van der Waals surface area contributed by atoms with E-state index in [1.165, 1.54) is 0 Å². The second-order valence-corrected chi connectivity index (χ2v) is 10.6. The van der Waals surface area contributed by atoms with Crippen molar-refractivity contribution in [3.63, 3.8) is 0 Å². The summed E-state index contributed by atoms with van der Waals surface area (Å²) in [6.07, 6.45) is 0. The van der Waals surface area contributed by atoms with Crippen molar-refractivity contribution in [1.82, 2.24) is 10.6 Å². The number of carbonyl (C=O) groups excluding carboxylic acids is 2. The van der Waals surface area contributed by atoms with Gasteiger partial charge in [-0.25, -0.2) is 0 Å². The van der Waals surface area contributed by atoms with Crippen LogP contribution in [0.15, 0.2) is 133 Å². The van der Waals surface area contributed by atoms with E-state index >= 15 is 0 Å². The van der Waals surface area contributed by atoms with Crippen LogP contribution in [-0.2, 0) is 22.7 Å². The zero-order valence-corrected chi connectivity index (χ0v) is 24.5. The molecule has 0 bridgehead atoms. The minimum absolute atomic E-state index is 0.112. The molecule has 0 radical (unpaired) electrons. The summed E-state index contributed by atoms with van der Waals surface area (Å²) in [6.45, 7) is 2.46. The number of rotatable bonds is 12. The highest BCUT2D eigenvalue weighted by atomic mass is 16.3. The largest absolute Gasteiger partial charge is 0.507 e. The summed E-state index contributed by atoms with van der Waals surface area (Å²) >= 11 is 0. The van der Waals surface area contributed by atoms with E-state index in [9.17, 15) is 14.7 Å². The van der Waals surface area contributed by atoms with Crippen molar-refractivity contribution in [3.05, 3.63) is 161 Å². The minimum Gasteiger partial charge on any atom is -0.507 e. The Hall–Kier alpha value is -5.24. The molecular weight excluding hydrogens is 548 g/mol. The molecule has 0 spiro atoms. The Labute approximate surface area is 258 Å². The third kappa shape index (κ3) is 7.98. The molecular formula is C37H36N4O3. The molecule has 5 aromatic carbocycles. The molecule has 0 heterocycles. The van der Waals surface area contributed by atoms with Crippen LogP contribution in [0.1, 0.15) is 39.9 Å². The highest BCUT2D eigenvalue weighted by molar-refractivity contribution is 5.96. The monoisotopic (exact) mass is 584 g/mol. The number of benzene rings is 5. The summed E-state index contributed by atoms with van der Waals surface area (Å²) in [5, 5.41) is 24.0. The molecule has 2 unspecified atom stereocenters. The molecule has 5 aromatic rings. The molecule has 222 valence electrons. The number of anilines is 2. The summed E-state index contributed by atoms with van der Waals surface area (Å²) in [6, 6.07) is 40.1. The van der Waals surface area contributed by atoms with E-state index in [4.69, 9.17) is 0 Å². The third-order valence-electron chi connectivity index (χ3n) is 7.28. The first-order valence-electron chi connectivity index (χ1n) is 14.6. The maximum absolute atomic E-state index is 13.4. The lowest BCUT2D eigenvalue weighted by molar-refractivity contribution is -0.119. The zero-order chi connectivity index (χ0) is 30.7. The molecule has 0 aliphatic rings. The van der Waals surface area contributed by atoms with Crippen LogP contribution in [0.25, 0.3) is 0 Å². The van der Waals surface area contributed by atoms with Gasteiger partial charge in [0.15, 0.2) is 0 Å². The topological polar surface area (TPSA) is 102 Å². The SMILES string of the molecule is Cc1cc(CNC(C(=O)Nc2ccccc2)c2ccccc2)c(O)c(CNC(C(=O)Nc2ccccc2)c2ccccc2)c1. The highest BCUT2D eigenvalue weighted by Gasteiger charge is 2.23. The molecule has 0 aromatic heterocycles. The van der Waals surface area contributed by atoms with Crippen molar-refractivity contribution in [3.8, 4) is 5.75 Å². The molecule has 0 saturated heterocycles. The van der Waals surface area contributed by atoms with Gasteiger partial charge in [0.25, 0.3) is 0 Å². The Morgan fingerprint density at radius 2 is 0.909 bits per heavy atom. The fraction of sp³-hybridized carbons (Fsp3) is 0.135. The normalized spacial score (nSPS) is 12.2. The van der Waals surface area contributed by atoms with Crippen LogP contribution in [0.2, 0.25) is 0 Å². The zero-order valence-electron chi connectivity index (χ0n) is 24.5. The van der Waals surface area contributed by atoms with Gasteiger partial charge in [-0.2, -0.15) is 0 Å². The highest BCUT2D eigenvalue weighted by Crippen LogP contribution is 2.27. The number of aryl methyl sites for hydroxylation is 1. The summed E-state index contributed by atoms with van der Waals surface area (Å²) < 4.78 is 0. The van der Waals surface area contributed by atoms with E-state index in [1.54, 1.807) is 0 Å². The van der Waals surface area contributed by atoms with Gasteiger partial charge >= 0.3 is 0 Å². The molecule has 0 fully saturated rings. The first-order chi connectivity index (χ1) is 21.5. The molecule has 44 heavy (non-hydrogen) atoms. The van der Waals surface area contributed by atoms with Gasteiger partial charge in [0.2, 0.25) is 11.8 Å². The number of hydrogen-bond donors (Lipinski definition) is 5. The first kappa shape index (κ1) is 30.2. The lowest BCUT2D eigenvalue weighted by atomic mass is 10.0. The fourth-order valence-corrected chi connectivity index (χ4v) is 5.11. The van der Waals surface area contributed by atoms with Crippen LogP contribution in [0.3, 0.4) is 0 Å². The van der Waals surface area contributed by atoms with E-state index in [2.05, 4.69) is 21.3 Å². The molecule has 5 N–H and O–H groups in total.